The maximum atomic E-state index is 12.0. The summed E-state index contributed by atoms with van der Waals surface area (Å²) < 4.78 is 25.2. The fourth-order valence-electron chi connectivity index (χ4n) is 2.60. The van der Waals surface area contributed by atoms with E-state index in [9.17, 15) is 13.5 Å². The van der Waals surface area contributed by atoms with E-state index in [0.717, 1.165) is 16.2 Å². The van der Waals surface area contributed by atoms with Crippen LogP contribution in [0.5, 0.6) is 5.75 Å². The molecule has 2 aromatic carbocycles. The highest BCUT2D eigenvalue weighted by atomic mass is 32.2. The van der Waals surface area contributed by atoms with Crippen molar-refractivity contribution in [2.75, 3.05) is 6.26 Å². The molecule has 0 spiro atoms. The number of nitrogens with zero attached hydrogens (tertiary/aromatic N) is 2. The summed E-state index contributed by atoms with van der Waals surface area (Å²) in [5, 5.41) is 14.3. The molecule has 3 rings (SSSR count). The predicted octanol–water partition coefficient (Wildman–Crippen LogP) is 2.50. The Bertz CT molecular complexity index is 816. The summed E-state index contributed by atoms with van der Waals surface area (Å²) in [6.07, 6.45) is 1.55. The second-order valence-corrected chi connectivity index (χ2v) is 7.07. The molecular weight excluding hydrogens is 300 g/mol. The minimum Gasteiger partial charge on any atom is -0.508 e. The van der Waals surface area contributed by atoms with Gasteiger partial charge in [-0.3, -0.25) is 0 Å². The molecule has 1 unspecified atom stereocenters. The molecule has 22 heavy (non-hydrogen) atoms. The van der Waals surface area contributed by atoms with Gasteiger partial charge in [0.05, 0.1) is 18.0 Å². The molecule has 1 aliphatic rings. The quantitative estimate of drug-likeness (QED) is 0.946. The van der Waals surface area contributed by atoms with Gasteiger partial charge in [-0.25, -0.2) is 8.42 Å². The van der Waals surface area contributed by atoms with Gasteiger partial charge in [0, 0.05) is 12.0 Å². The fourth-order valence-corrected chi connectivity index (χ4v) is 3.50. The molecular formula is C16H16N2O3S. The van der Waals surface area contributed by atoms with Gasteiger partial charge in [-0.15, -0.1) is 0 Å². The zero-order valence-electron chi connectivity index (χ0n) is 12.0. The van der Waals surface area contributed by atoms with Gasteiger partial charge in [0.25, 0.3) is 0 Å². The third kappa shape index (κ3) is 2.69. The fraction of sp³-hybridized carbons (Fsp3) is 0.188. The molecule has 1 N–H and O–H groups in total. The van der Waals surface area contributed by atoms with Crippen LogP contribution in [-0.2, 0) is 10.0 Å². The minimum atomic E-state index is -3.52. The largest absolute Gasteiger partial charge is 0.508 e. The maximum Gasteiger partial charge on any atom is 0.247 e. The Labute approximate surface area is 129 Å². The van der Waals surface area contributed by atoms with E-state index in [1.807, 2.05) is 30.3 Å². The van der Waals surface area contributed by atoms with Gasteiger partial charge in [-0.2, -0.15) is 9.52 Å². The number of phenolic OH excluding ortho intramolecular Hbond substituents is 1. The van der Waals surface area contributed by atoms with Crippen molar-refractivity contribution in [1.29, 1.82) is 0 Å². The first kappa shape index (κ1) is 14.6. The number of hydrogen-bond donors (Lipinski definition) is 1. The minimum absolute atomic E-state index is 0.0747. The second-order valence-electron chi connectivity index (χ2n) is 5.23. The number of para-hydroxylation sites is 1. The van der Waals surface area contributed by atoms with Crippen LogP contribution < -0.4 is 0 Å². The summed E-state index contributed by atoms with van der Waals surface area (Å²) in [6.45, 7) is 0. The maximum absolute atomic E-state index is 12.0. The second kappa shape index (κ2) is 5.46. The van der Waals surface area contributed by atoms with Gasteiger partial charge in [0.2, 0.25) is 10.0 Å². The topological polar surface area (TPSA) is 70.0 Å². The first-order chi connectivity index (χ1) is 10.5. The van der Waals surface area contributed by atoms with E-state index in [-0.39, 0.29) is 5.75 Å². The molecule has 0 saturated carbocycles. The zero-order valence-corrected chi connectivity index (χ0v) is 12.9. The summed E-state index contributed by atoms with van der Waals surface area (Å²) in [5.74, 6) is 0.0747. The third-order valence-corrected chi connectivity index (χ3v) is 4.63. The average Bonchev–Trinajstić information content (AvgIpc) is 2.94. The predicted molar refractivity (Wildman–Crippen MR) is 85.1 cm³/mol. The molecule has 0 aliphatic carbocycles. The number of hydrazone groups is 1. The summed E-state index contributed by atoms with van der Waals surface area (Å²) in [4.78, 5) is 0. The van der Waals surface area contributed by atoms with Crippen LogP contribution in [0.15, 0.2) is 59.7 Å². The molecule has 2 aromatic rings. The van der Waals surface area contributed by atoms with Crippen LogP contribution in [0.4, 0.5) is 0 Å². The van der Waals surface area contributed by atoms with Crippen molar-refractivity contribution in [1.82, 2.24) is 4.41 Å². The molecule has 5 nitrogen and oxygen atoms in total. The highest BCUT2D eigenvalue weighted by Gasteiger charge is 2.35. The lowest BCUT2D eigenvalue weighted by Crippen LogP contribution is -2.25. The van der Waals surface area contributed by atoms with Crippen molar-refractivity contribution in [3.63, 3.8) is 0 Å². The molecule has 0 aromatic heterocycles. The van der Waals surface area contributed by atoms with E-state index >= 15 is 0 Å². The van der Waals surface area contributed by atoms with Crippen LogP contribution in [0.2, 0.25) is 0 Å². The number of benzene rings is 2. The Balaban J connectivity index is 2.04. The molecule has 114 valence electrons. The van der Waals surface area contributed by atoms with Crippen molar-refractivity contribution in [2.45, 2.75) is 12.5 Å². The third-order valence-electron chi connectivity index (χ3n) is 3.62. The molecule has 1 heterocycles. The van der Waals surface area contributed by atoms with E-state index < -0.39 is 16.1 Å². The van der Waals surface area contributed by atoms with Gasteiger partial charge in [0.15, 0.2) is 0 Å². The van der Waals surface area contributed by atoms with Crippen LogP contribution >= 0.6 is 0 Å². The van der Waals surface area contributed by atoms with Gasteiger partial charge in [-0.05, 0) is 11.6 Å². The number of sulfonamides is 1. The van der Waals surface area contributed by atoms with Crippen molar-refractivity contribution in [3.8, 4) is 5.75 Å². The van der Waals surface area contributed by atoms with E-state index in [0.29, 0.717) is 17.7 Å². The molecule has 0 radical (unpaired) electrons. The van der Waals surface area contributed by atoms with E-state index in [1.165, 1.54) is 0 Å². The van der Waals surface area contributed by atoms with Gasteiger partial charge >= 0.3 is 0 Å². The number of aromatic hydroxyl groups is 1. The van der Waals surface area contributed by atoms with Crippen LogP contribution in [0.1, 0.15) is 23.6 Å². The lowest BCUT2D eigenvalue weighted by molar-refractivity contribution is 0.361. The van der Waals surface area contributed by atoms with E-state index in [1.54, 1.807) is 24.3 Å². The SMILES string of the molecule is CS(=O)(=O)N1N=C(c2ccccc2)CC1c1ccccc1O. The summed E-state index contributed by atoms with van der Waals surface area (Å²) in [6, 6.07) is 15.7. The number of rotatable bonds is 3. The molecule has 1 aliphatic heterocycles. The van der Waals surface area contributed by atoms with Crippen LogP contribution in [0.3, 0.4) is 0 Å². The molecule has 0 bridgehead atoms. The van der Waals surface area contributed by atoms with Crippen LogP contribution in [-0.4, -0.2) is 29.9 Å². The lowest BCUT2D eigenvalue weighted by atomic mass is 9.98. The van der Waals surface area contributed by atoms with Crippen molar-refractivity contribution in [2.24, 2.45) is 5.10 Å². The molecule has 0 saturated heterocycles. The van der Waals surface area contributed by atoms with Crippen molar-refractivity contribution >= 4 is 15.7 Å². The first-order valence-corrected chi connectivity index (χ1v) is 8.72. The van der Waals surface area contributed by atoms with Crippen molar-refractivity contribution < 1.29 is 13.5 Å². The zero-order chi connectivity index (χ0) is 15.7. The molecule has 6 heteroatoms. The van der Waals surface area contributed by atoms with E-state index in [4.69, 9.17) is 0 Å². The molecule has 0 fully saturated rings. The lowest BCUT2D eigenvalue weighted by Gasteiger charge is -2.22. The summed E-state index contributed by atoms with van der Waals surface area (Å²) in [7, 11) is -3.52. The van der Waals surface area contributed by atoms with Crippen molar-refractivity contribution in [3.05, 3.63) is 65.7 Å². The van der Waals surface area contributed by atoms with Crippen LogP contribution in [0, 0.1) is 0 Å². The Morgan fingerprint density at radius 2 is 1.73 bits per heavy atom. The monoisotopic (exact) mass is 316 g/mol. The highest BCUT2D eigenvalue weighted by Crippen LogP contribution is 2.38. The molecule has 1 atom stereocenters. The van der Waals surface area contributed by atoms with Gasteiger partial charge < -0.3 is 5.11 Å². The Kier molecular flexibility index (Phi) is 3.62. The number of hydrogen-bond acceptors (Lipinski definition) is 4. The number of phenols is 1. The normalized spacial score (nSPS) is 18.3. The smallest absolute Gasteiger partial charge is 0.247 e. The Morgan fingerprint density at radius 1 is 1.09 bits per heavy atom. The first-order valence-electron chi connectivity index (χ1n) is 6.87. The average molecular weight is 316 g/mol. The summed E-state index contributed by atoms with van der Waals surface area (Å²) in [5.41, 5.74) is 2.14. The molecule has 0 amide bonds. The van der Waals surface area contributed by atoms with E-state index in [2.05, 4.69) is 5.10 Å². The Morgan fingerprint density at radius 3 is 2.36 bits per heavy atom. The summed E-state index contributed by atoms with van der Waals surface area (Å²) >= 11 is 0. The van der Waals surface area contributed by atoms with Gasteiger partial charge in [0.1, 0.15) is 5.75 Å². The van der Waals surface area contributed by atoms with Gasteiger partial charge in [-0.1, -0.05) is 48.5 Å². The highest BCUT2D eigenvalue weighted by molar-refractivity contribution is 7.88. The Hall–Kier alpha value is -2.34. The van der Waals surface area contributed by atoms with Crippen LogP contribution in [0.25, 0.3) is 0 Å². The standard InChI is InChI=1S/C16H16N2O3S/c1-22(20,21)18-15(13-9-5-6-10-16(13)19)11-14(17-18)12-7-3-2-4-8-12/h2-10,15,19H,11H2,1H3.